The third-order valence-corrected chi connectivity index (χ3v) is 15.7. The van der Waals surface area contributed by atoms with Crippen LogP contribution in [0.4, 0.5) is 0 Å². The van der Waals surface area contributed by atoms with Gasteiger partial charge in [0.05, 0.1) is 25.4 Å². The number of carbonyl (C=O) groups excluding carboxylic acids is 1. The van der Waals surface area contributed by atoms with Gasteiger partial charge in [-0.25, -0.2) is 0 Å². The first-order valence-electron chi connectivity index (χ1n) is 32.7. The Bertz CT molecular complexity index is 1270. The minimum absolute atomic E-state index is 0.182. The van der Waals surface area contributed by atoms with Crippen molar-refractivity contribution >= 4 is 5.91 Å². The Morgan fingerprint density at radius 1 is 0.440 bits per heavy atom. The van der Waals surface area contributed by atoms with E-state index in [0.29, 0.717) is 6.42 Å². The van der Waals surface area contributed by atoms with Gasteiger partial charge in [0, 0.05) is 6.42 Å². The normalized spacial score (nSPS) is 19.1. The number of hydrogen-bond acceptors (Lipinski definition) is 8. The van der Waals surface area contributed by atoms with Crippen LogP contribution in [0.2, 0.25) is 0 Å². The summed E-state index contributed by atoms with van der Waals surface area (Å²) in [5.41, 5.74) is 0. The highest BCUT2D eigenvalue weighted by Gasteiger charge is 2.44. The molecule has 1 rings (SSSR count). The molecule has 9 nitrogen and oxygen atoms in total. The fourth-order valence-corrected chi connectivity index (χ4v) is 10.5. The predicted octanol–water partition coefficient (Wildman–Crippen LogP) is 17.1. The van der Waals surface area contributed by atoms with Crippen LogP contribution in [0.1, 0.15) is 322 Å². The second kappa shape index (κ2) is 55.7. The maximum Gasteiger partial charge on any atom is 0.220 e. The maximum atomic E-state index is 13.0. The molecule has 0 bridgehead atoms. The highest BCUT2D eigenvalue weighted by Crippen LogP contribution is 2.23. The van der Waals surface area contributed by atoms with Crippen LogP contribution in [0, 0.1) is 0 Å². The predicted molar refractivity (Wildman–Crippen MR) is 318 cm³/mol. The fraction of sp³-hybridized carbons (Fsp3) is 0.894. The number of rotatable bonds is 57. The zero-order chi connectivity index (χ0) is 54.3. The van der Waals surface area contributed by atoms with E-state index >= 15 is 0 Å². The van der Waals surface area contributed by atoms with E-state index in [1.54, 1.807) is 6.08 Å². The number of nitrogens with one attached hydrogen (secondary N) is 1. The van der Waals surface area contributed by atoms with Crippen LogP contribution in [-0.4, -0.2) is 87.5 Å². The summed E-state index contributed by atoms with van der Waals surface area (Å²) in [5.74, 6) is -0.182. The molecule has 1 fully saturated rings. The van der Waals surface area contributed by atoms with Crippen molar-refractivity contribution in [3.05, 3.63) is 36.5 Å². The Hall–Kier alpha value is -1.59. The number of hydrogen-bond donors (Lipinski definition) is 6. The zero-order valence-corrected chi connectivity index (χ0v) is 49.3. The van der Waals surface area contributed by atoms with Crippen molar-refractivity contribution in [1.29, 1.82) is 0 Å². The average molecular weight is 1060 g/mol. The molecule has 9 heteroatoms. The van der Waals surface area contributed by atoms with Crippen LogP contribution >= 0.6 is 0 Å². The number of carbonyl (C=O) groups is 1. The summed E-state index contributed by atoms with van der Waals surface area (Å²) in [6.45, 7) is 3.77. The van der Waals surface area contributed by atoms with Gasteiger partial charge in [-0.2, -0.15) is 0 Å². The van der Waals surface area contributed by atoms with Crippen LogP contribution in [-0.2, 0) is 14.3 Å². The molecule has 1 heterocycles. The number of ether oxygens (including phenoxy) is 2. The van der Waals surface area contributed by atoms with Crippen LogP contribution in [0.3, 0.4) is 0 Å². The number of amides is 1. The lowest BCUT2D eigenvalue weighted by molar-refractivity contribution is -0.302. The number of aliphatic hydroxyl groups is 5. The van der Waals surface area contributed by atoms with E-state index in [-0.39, 0.29) is 12.5 Å². The third kappa shape index (κ3) is 44.9. The van der Waals surface area contributed by atoms with E-state index in [9.17, 15) is 30.3 Å². The molecular weight excluding hydrogens is 935 g/mol. The molecule has 0 radical (unpaired) electrons. The maximum absolute atomic E-state index is 13.0. The van der Waals surface area contributed by atoms with Gasteiger partial charge in [0.15, 0.2) is 6.29 Å². The van der Waals surface area contributed by atoms with E-state index in [1.165, 1.54) is 263 Å². The van der Waals surface area contributed by atoms with Crippen LogP contribution < -0.4 is 5.32 Å². The summed E-state index contributed by atoms with van der Waals surface area (Å²) in [6, 6.07) is -0.819. The van der Waals surface area contributed by atoms with Crippen molar-refractivity contribution in [2.75, 3.05) is 13.2 Å². The van der Waals surface area contributed by atoms with E-state index in [1.807, 2.05) is 6.08 Å². The minimum atomic E-state index is -1.57. The monoisotopic (exact) mass is 1060 g/mol. The lowest BCUT2D eigenvalue weighted by atomic mass is 9.99. The number of unbranched alkanes of at least 4 members (excludes halogenated alkanes) is 43. The molecule has 0 aromatic carbocycles. The molecule has 0 aliphatic carbocycles. The summed E-state index contributed by atoms with van der Waals surface area (Å²) in [7, 11) is 0. The first-order valence-corrected chi connectivity index (χ1v) is 32.7. The Labute approximate surface area is 463 Å². The molecule has 0 aromatic heterocycles. The molecule has 442 valence electrons. The number of allylic oxidation sites excluding steroid dienone is 5. The Morgan fingerprint density at radius 2 is 0.760 bits per heavy atom. The molecule has 75 heavy (non-hydrogen) atoms. The molecule has 6 N–H and O–H groups in total. The second-order valence-electron chi connectivity index (χ2n) is 22.9. The van der Waals surface area contributed by atoms with Gasteiger partial charge >= 0.3 is 0 Å². The molecule has 7 atom stereocenters. The van der Waals surface area contributed by atoms with Crippen LogP contribution in [0.5, 0.6) is 0 Å². The molecule has 1 aliphatic heterocycles. The third-order valence-electron chi connectivity index (χ3n) is 15.7. The van der Waals surface area contributed by atoms with Crippen molar-refractivity contribution in [3.8, 4) is 0 Å². The van der Waals surface area contributed by atoms with Crippen molar-refractivity contribution in [1.82, 2.24) is 5.32 Å². The van der Waals surface area contributed by atoms with Gasteiger partial charge in [0.25, 0.3) is 0 Å². The molecule has 1 aliphatic rings. The Morgan fingerprint density at radius 3 is 1.12 bits per heavy atom. The Balaban J connectivity index is 2.02. The quantitative estimate of drug-likeness (QED) is 0.0261. The van der Waals surface area contributed by atoms with Gasteiger partial charge < -0.3 is 40.3 Å². The number of aliphatic hydroxyl groups excluding tert-OH is 5. The van der Waals surface area contributed by atoms with Gasteiger partial charge in [0.2, 0.25) is 5.91 Å². The summed E-state index contributed by atoms with van der Waals surface area (Å²) in [5, 5.41) is 54.4. The smallest absolute Gasteiger partial charge is 0.220 e. The van der Waals surface area contributed by atoms with Crippen molar-refractivity contribution in [3.63, 3.8) is 0 Å². The summed E-state index contributed by atoms with van der Waals surface area (Å²) < 4.78 is 11.2. The van der Waals surface area contributed by atoms with Crippen LogP contribution in [0.15, 0.2) is 36.5 Å². The molecule has 7 unspecified atom stereocenters. The summed E-state index contributed by atoms with van der Waals surface area (Å²) >= 11 is 0. The highest BCUT2D eigenvalue weighted by molar-refractivity contribution is 5.76. The molecule has 0 aromatic rings. The van der Waals surface area contributed by atoms with Crippen molar-refractivity contribution in [2.45, 2.75) is 365 Å². The first-order chi connectivity index (χ1) is 36.8. The van der Waals surface area contributed by atoms with Crippen LogP contribution in [0.25, 0.3) is 0 Å². The van der Waals surface area contributed by atoms with E-state index in [2.05, 4.69) is 43.5 Å². The van der Waals surface area contributed by atoms with E-state index < -0.39 is 49.5 Å². The average Bonchev–Trinajstić information content (AvgIpc) is 3.41. The van der Waals surface area contributed by atoms with Crippen molar-refractivity contribution < 1.29 is 39.8 Å². The van der Waals surface area contributed by atoms with Gasteiger partial charge in [-0.15, -0.1) is 0 Å². The van der Waals surface area contributed by atoms with E-state index in [0.717, 1.165) is 38.5 Å². The SMILES string of the molecule is CCCCCCCCC/C=C/CC/C=C/C(O)C(COC1OC(CO)C(O)C(O)C1O)NC(=O)CCCCCCCCCCCCCCCCCCCCCCCCCCCCC/C=C\CCCCCCCCCC. The lowest BCUT2D eigenvalue weighted by Gasteiger charge is -2.40. The standard InChI is InChI=1S/C66H125NO8/c1-3-5-7-9-11-13-15-17-18-19-20-21-22-23-24-25-26-27-28-29-30-31-32-33-34-35-36-37-38-39-40-41-42-44-46-48-50-52-54-56-62(70)67-59(58-74-66-65(73)64(72)63(71)61(57-68)75-66)60(69)55-53-51-49-47-45-43-16-14-12-10-8-6-4-2/h19-20,45,47,53,55,59-61,63-66,68-69,71-73H,3-18,21-44,46,48-52,54,56-58H2,1-2H3,(H,67,70)/b20-19-,47-45+,55-53+. The molecule has 1 amide bonds. The lowest BCUT2D eigenvalue weighted by Crippen LogP contribution is -2.60. The van der Waals surface area contributed by atoms with Gasteiger partial charge in [-0.3, -0.25) is 4.79 Å². The summed E-state index contributed by atoms with van der Waals surface area (Å²) in [4.78, 5) is 13.0. The molecule has 0 saturated carbocycles. The first kappa shape index (κ1) is 71.4. The molecule has 0 spiro atoms. The highest BCUT2D eigenvalue weighted by atomic mass is 16.7. The zero-order valence-electron chi connectivity index (χ0n) is 49.3. The van der Waals surface area contributed by atoms with Crippen molar-refractivity contribution in [2.24, 2.45) is 0 Å². The second-order valence-corrected chi connectivity index (χ2v) is 22.9. The van der Waals surface area contributed by atoms with E-state index in [4.69, 9.17) is 9.47 Å². The molecular formula is C66H125NO8. The molecule has 1 saturated heterocycles. The van der Waals surface area contributed by atoms with Gasteiger partial charge in [-0.05, 0) is 57.8 Å². The largest absolute Gasteiger partial charge is 0.394 e. The van der Waals surface area contributed by atoms with Gasteiger partial charge in [-0.1, -0.05) is 294 Å². The van der Waals surface area contributed by atoms with Gasteiger partial charge in [0.1, 0.15) is 24.4 Å². The Kier molecular flexibility index (Phi) is 53.1. The minimum Gasteiger partial charge on any atom is -0.394 e. The summed E-state index contributed by atoms with van der Waals surface area (Å²) in [6.07, 6.45) is 67.0. The fourth-order valence-electron chi connectivity index (χ4n) is 10.5. The topological polar surface area (TPSA) is 149 Å².